The molecular formula is C27H32N2O5S. The van der Waals surface area contributed by atoms with Crippen LogP contribution < -0.4 is 14.8 Å². The van der Waals surface area contributed by atoms with Gasteiger partial charge in [-0.2, -0.15) is 4.31 Å². The van der Waals surface area contributed by atoms with E-state index in [1.165, 1.54) is 4.31 Å². The van der Waals surface area contributed by atoms with E-state index >= 15 is 0 Å². The average Bonchev–Trinajstić information content (AvgIpc) is 2.86. The van der Waals surface area contributed by atoms with Crippen LogP contribution in [0.4, 0.5) is 0 Å². The number of ether oxygens (including phenoxy) is 2. The highest BCUT2D eigenvalue weighted by Crippen LogP contribution is 2.30. The molecule has 0 radical (unpaired) electrons. The van der Waals surface area contributed by atoms with Gasteiger partial charge < -0.3 is 14.8 Å². The van der Waals surface area contributed by atoms with E-state index in [1.807, 2.05) is 50.2 Å². The van der Waals surface area contributed by atoms with E-state index < -0.39 is 15.9 Å². The molecule has 1 amide bonds. The second-order valence-corrected chi connectivity index (χ2v) is 10.2. The highest BCUT2D eigenvalue weighted by molar-refractivity contribution is 7.89. The highest BCUT2D eigenvalue weighted by atomic mass is 32.2. The first kappa shape index (κ1) is 26.2. The Morgan fingerprint density at radius 2 is 1.60 bits per heavy atom. The van der Waals surface area contributed by atoms with Crippen molar-refractivity contribution in [2.45, 2.75) is 31.2 Å². The van der Waals surface area contributed by atoms with Gasteiger partial charge in [0.1, 0.15) is 0 Å². The quantitative estimate of drug-likeness (QED) is 0.432. The van der Waals surface area contributed by atoms with Crippen LogP contribution in [-0.4, -0.2) is 45.9 Å². The summed E-state index contributed by atoms with van der Waals surface area (Å²) in [5, 5.41) is 2.90. The van der Waals surface area contributed by atoms with Crippen LogP contribution in [-0.2, 0) is 21.2 Å². The first-order valence-electron chi connectivity index (χ1n) is 11.4. The Hall–Kier alpha value is -3.36. The van der Waals surface area contributed by atoms with E-state index in [9.17, 15) is 13.2 Å². The van der Waals surface area contributed by atoms with Gasteiger partial charge in [-0.1, -0.05) is 54.1 Å². The molecule has 3 rings (SSSR count). The van der Waals surface area contributed by atoms with Crippen molar-refractivity contribution in [1.82, 2.24) is 9.62 Å². The standard InChI is InChI=1S/C27H32N2O5S/c1-20-10-13-24(14-11-20)35(31,32)29(17-16-22-8-6-5-7-9-22)19-27(30)28-21(2)23-12-15-25(33-3)26(18-23)34-4/h5-15,18,21H,16-17,19H2,1-4H3,(H,28,30)/t21-/m1/s1. The number of sulfonamides is 1. The molecule has 0 heterocycles. The van der Waals surface area contributed by atoms with Crippen molar-refractivity contribution in [2.24, 2.45) is 0 Å². The van der Waals surface area contributed by atoms with Gasteiger partial charge in [0.15, 0.2) is 11.5 Å². The molecule has 186 valence electrons. The van der Waals surface area contributed by atoms with Gasteiger partial charge in [-0.15, -0.1) is 0 Å². The lowest BCUT2D eigenvalue weighted by Crippen LogP contribution is -2.42. The summed E-state index contributed by atoms with van der Waals surface area (Å²) in [5.74, 6) is 0.750. The molecule has 0 saturated heterocycles. The molecule has 0 bridgehead atoms. The summed E-state index contributed by atoms with van der Waals surface area (Å²) in [6.45, 7) is 3.62. The summed E-state index contributed by atoms with van der Waals surface area (Å²) in [7, 11) is -0.763. The van der Waals surface area contributed by atoms with Crippen LogP contribution in [0.2, 0.25) is 0 Å². The predicted octanol–water partition coefficient (Wildman–Crippen LogP) is 4.12. The SMILES string of the molecule is COc1ccc([C@@H](C)NC(=O)CN(CCc2ccccc2)S(=O)(=O)c2ccc(C)cc2)cc1OC. The third-order valence-corrected chi connectivity index (χ3v) is 7.62. The summed E-state index contributed by atoms with van der Waals surface area (Å²) >= 11 is 0. The fourth-order valence-electron chi connectivity index (χ4n) is 3.69. The van der Waals surface area contributed by atoms with Crippen molar-refractivity contribution < 1.29 is 22.7 Å². The first-order chi connectivity index (χ1) is 16.7. The van der Waals surface area contributed by atoms with Crippen LogP contribution in [0.5, 0.6) is 11.5 Å². The lowest BCUT2D eigenvalue weighted by molar-refractivity contribution is -0.121. The maximum Gasteiger partial charge on any atom is 0.243 e. The highest BCUT2D eigenvalue weighted by Gasteiger charge is 2.27. The summed E-state index contributed by atoms with van der Waals surface area (Å²) in [6, 6.07) is 21.3. The number of hydrogen-bond acceptors (Lipinski definition) is 5. The normalized spacial score (nSPS) is 12.3. The average molecular weight is 497 g/mol. The lowest BCUT2D eigenvalue weighted by Gasteiger charge is -2.23. The molecular weight excluding hydrogens is 464 g/mol. The number of rotatable bonds is 11. The van der Waals surface area contributed by atoms with Gasteiger partial charge in [-0.05, 0) is 55.7 Å². The van der Waals surface area contributed by atoms with Crippen molar-refractivity contribution >= 4 is 15.9 Å². The molecule has 1 N–H and O–H groups in total. The van der Waals surface area contributed by atoms with Gasteiger partial charge in [-0.3, -0.25) is 4.79 Å². The molecule has 0 aliphatic heterocycles. The van der Waals surface area contributed by atoms with Gasteiger partial charge in [0.25, 0.3) is 0 Å². The summed E-state index contributed by atoms with van der Waals surface area (Å²) in [5.41, 5.74) is 2.77. The fraction of sp³-hybridized carbons (Fsp3) is 0.296. The Morgan fingerprint density at radius 3 is 2.23 bits per heavy atom. The maximum absolute atomic E-state index is 13.4. The van der Waals surface area contributed by atoms with Gasteiger partial charge in [0, 0.05) is 6.54 Å². The molecule has 0 aromatic heterocycles. The zero-order valence-corrected chi connectivity index (χ0v) is 21.3. The monoisotopic (exact) mass is 496 g/mol. The van der Waals surface area contributed by atoms with Gasteiger partial charge in [-0.25, -0.2) is 8.42 Å². The van der Waals surface area contributed by atoms with Gasteiger partial charge in [0.2, 0.25) is 15.9 Å². The smallest absolute Gasteiger partial charge is 0.243 e. The van der Waals surface area contributed by atoms with Crippen molar-refractivity contribution in [3.8, 4) is 11.5 Å². The zero-order valence-electron chi connectivity index (χ0n) is 20.5. The third kappa shape index (κ3) is 6.83. The molecule has 0 aliphatic rings. The Morgan fingerprint density at radius 1 is 0.943 bits per heavy atom. The van der Waals surface area contributed by atoms with Crippen molar-refractivity contribution in [2.75, 3.05) is 27.3 Å². The van der Waals surface area contributed by atoms with Crippen LogP contribution in [0.15, 0.2) is 77.7 Å². The number of hydrogen-bond donors (Lipinski definition) is 1. The molecule has 3 aromatic rings. The topological polar surface area (TPSA) is 84.9 Å². The van der Waals surface area contributed by atoms with E-state index in [0.29, 0.717) is 17.9 Å². The third-order valence-electron chi connectivity index (χ3n) is 5.76. The molecule has 0 fully saturated rings. The molecule has 1 atom stereocenters. The lowest BCUT2D eigenvalue weighted by atomic mass is 10.1. The van der Waals surface area contributed by atoms with E-state index in [2.05, 4.69) is 5.32 Å². The van der Waals surface area contributed by atoms with E-state index in [-0.39, 0.29) is 24.0 Å². The number of carbonyl (C=O) groups is 1. The molecule has 35 heavy (non-hydrogen) atoms. The molecule has 0 aliphatic carbocycles. The minimum atomic E-state index is -3.87. The summed E-state index contributed by atoms with van der Waals surface area (Å²) < 4.78 is 38.7. The van der Waals surface area contributed by atoms with Crippen LogP contribution in [0.3, 0.4) is 0 Å². The van der Waals surface area contributed by atoms with Crippen molar-refractivity contribution in [3.63, 3.8) is 0 Å². The Kier molecular flexibility index (Phi) is 8.89. The minimum absolute atomic E-state index is 0.164. The summed E-state index contributed by atoms with van der Waals surface area (Å²) in [4.78, 5) is 13.1. The van der Waals surface area contributed by atoms with Gasteiger partial charge >= 0.3 is 0 Å². The Balaban J connectivity index is 1.78. The van der Waals surface area contributed by atoms with Crippen LogP contribution in [0, 0.1) is 6.92 Å². The maximum atomic E-state index is 13.4. The minimum Gasteiger partial charge on any atom is -0.493 e. The molecule has 8 heteroatoms. The van der Waals surface area contributed by atoms with E-state index in [0.717, 1.165) is 16.7 Å². The number of aryl methyl sites for hydroxylation is 1. The first-order valence-corrected chi connectivity index (χ1v) is 12.8. The van der Waals surface area contributed by atoms with E-state index in [4.69, 9.17) is 9.47 Å². The van der Waals surface area contributed by atoms with Crippen molar-refractivity contribution in [1.29, 1.82) is 0 Å². The number of amides is 1. The largest absolute Gasteiger partial charge is 0.493 e. The van der Waals surface area contributed by atoms with Crippen LogP contribution in [0.25, 0.3) is 0 Å². The Bertz CT molecular complexity index is 1230. The Labute approximate surface area is 207 Å². The number of carbonyl (C=O) groups excluding carboxylic acids is 1. The van der Waals surface area contributed by atoms with Gasteiger partial charge in [0.05, 0.1) is 31.7 Å². The molecule has 7 nitrogen and oxygen atoms in total. The molecule has 0 saturated carbocycles. The number of nitrogens with zero attached hydrogens (tertiary/aromatic N) is 1. The number of nitrogens with one attached hydrogen (secondary N) is 1. The van der Waals surface area contributed by atoms with Crippen LogP contribution >= 0.6 is 0 Å². The number of benzene rings is 3. The fourth-order valence-corrected chi connectivity index (χ4v) is 5.09. The molecule has 0 spiro atoms. The molecule has 0 unspecified atom stereocenters. The van der Waals surface area contributed by atoms with Crippen LogP contribution in [0.1, 0.15) is 29.7 Å². The van der Waals surface area contributed by atoms with Crippen molar-refractivity contribution in [3.05, 3.63) is 89.5 Å². The predicted molar refractivity (Wildman–Crippen MR) is 136 cm³/mol. The summed E-state index contributed by atoms with van der Waals surface area (Å²) in [6.07, 6.45) is 0.491. The number of methoxy groups -OCH3 is 2. The van der Waals surface area contributed by atoms with E-state index in [1.54, 1.807) is 50.6 Å². The molecule has 3 aromatic carbocycles. The second-order valence-electron chi connectivity index (χ2n) is 8.29. The second kappa shape index (κ2) is 11.9. The zero-order chi connectivity index (χ0) is 25.4.